The summed E-state index contributed by atoms with van der Waals surface area (Å²) in [5.74, 6) is 2.45. The first kappa shape index (κ1) is 12.6. The van der Waals surface area contributed by atoms with E-state index in [2.05, 4.69) is 37.0 Å². The van der Waals surface area contributed by atoms with Crippen LogP contribution < -0.4 is 5.73 Å². The fourth-order valence-electron chi connectivity index (χ4n) is 1.67. The molecule has 0 aromatic carbocycles. The van der Waals surface area contributed by atoms with Gasteiger partial charge < -0.3 is 10.3 Å². The Morgan fingerprint density at radius 3 is 2.82 bits per heavy atom. The van der Waals surface area contributed by atoms with Crippen molar-refractivity contribution in [1.82, 2.24) is 10.1 Å². The standard InChI is InChI=1S/C12H19N3OS/c1-12(2,3)17-7-10-14-11(16-15-10)8-4-5-9(13)6-8/h4-5,8-9H,6-7,13H2,1-3H3. The molecule has 4 nitrogen and oxygen atoms in total. The number of allylic oxidation sites excluding steroid dienone is 1. The number of nitrogens with zero attached hydrogens (tertiary/aromatic N) is 2. The first-order valence-electron chi connectivity index (χ1n) is 5.84. The fourth-order valence-corrected chi connectivity index (χ4v) is 2.35. The minimum atomic E-state index is 0.124. The summed E-state index contributed by atoms with van der Waals surface area (Å²) in [6.45, 7) is 6.53. The van der Waals surface area contributed by atoms with Gasteiger partial charge in [0.05, 0.1) is 11.7 Å². The average molecular weight is 253 g/mol. The molecular formula is C12H19N3OS. The Hall–Kier alpha value is -0.810. The lowest BCUT2D eigenvalue weighted by molar-refractivity contribution is 0.361. The molecule has 2 N–H and O–H groups in total. The Bertz CT molecular complexity index is 408. The van der Waals surface area contributed by atoms with E-state index in [1.165, 1.54) is 0 Å². The van der Waals surface area contributed by atoms with Gasteiger partial charge in [-0.05, 0) is 6.42 Å². The summed E-state index contributed by atoms with van der Waals surface area (Å²) in [7, 11) is 0. The van der Waals surface area contributed by atoms with Crippen molar-refractivity contribution >= 4 is 11.8 Å². The van der Waals surface area contributed by atoms with Crippen LogP contribution in [0, 0.1) is 0 Å². The van der Waals surface area contributed by atoms with Crippen molar-refractivity contribution in [3.05, 3.63) is 23.9 Å². The molecule has 0 fully saturated rings. The molecule has 0 amide bonds. The smallest absolute Gasteiger partial charge is 0.233 e. The summed E-state index contributed by atoms with van der Waals surface area (Å²) in [5.41, 5.74) is 5.80. The second-order valence-electron chi connectivity index (χ2n) is 5.34. The number of nitrogens with two attached hydrogens (primary N) is 1. The summed E-state index contributed by atoms with van der Waals surface area (Å²) in [6, 6.07) is 0.124. The fraction of sp³-hybridized carbons (Fsp3) is 0.667. The van der Waals surface area contributed by atoms with Gasteiger partial charge in [-0.25, -0.2) is 0 Å². The summed E-state index contributed by atoms with van der Waals surface area (Å²) in [4.78, 5) is 4.42. The molecule has 94 valence electrons. The average Bonchev–Trinajstić information content (AvgIpc) is 2.81. The van der Waals surface area contributed by atoms with Gasteiger partial charge in [0.2, 0.25) is 5.89 Å². The first-order chi connectivity index (χ1) is 7.94. The first-order valence-corrected chi connectivity index (χ1v) is 6.83. The van der Waals surface area contributed by atoms with Crippen LogP contribution in [0.1, 0.15) is 44.8 Å². The molecule has 0 saturated heterocycles. The van der Waals surface area contributed by atoms with Gasteiger partial charge in [-0.1, -0.05) is 38.1 Å². The summed E-state index contributed by atoms with van der Waals surface area (Å²) in [6.07, 6.45) is 4.92. The van der Waals surface area contributed by atoms with Crippen LogP contribution in [0.5, 0.6) is 0 Å². The third-order valence-electron chi connectivity index (χ3n) is 2.55. The third kappa shape index (κ3) is 3.57. The maximum atomic E-state index is 5.80. The van der Waals surface area contributed by atoms with E-state index in [0.717, 1.165) is 18.0 Å². The Balaban J connectivity index is 1.95. The zero-order valence-electron chi connectivity index (χ0n) is 10.5. The van der Waals surface area contributed by atoms with E-state index in [4.69, 9.17) is 10.3 Å². The van der Waals surface area contributed by atoms with Crippen molar-refractivity contribution < 1.29 is 4.52 Å². The van der Waals surface area contributed by atoms with E-state index < -0.39 is 0 Å². The minimum Gasteiger partial charge on any atom is -0.339 e. The molecular weight excluding hydrogens is 234 g/mol. The van der Waals surface area contributed by atoms with Gasteiger partial charge in [-0.3, -0.25) is 0 Å². The molecule has 2 atom stereocenters. The summed E-state index contributed by atoms with van der Waals surface area (Å²) in [5, 5.41) is 4.01. The van der Waals surface area contributed by atoms with Crippen molar-refractivity contribution in [2.45, 2.75) is 49.7 Å². The largest absolute Gasteiger partial charge is 0.339 e. The molecule has 0 aliphatic heterocycles. The van der Waals surface area contributed by atoms with Crippen molar-refractivity contribution in [2.24, 2.45) is 5.73 Å². The highest BCUT2D eigenvalue weighted by molar-refractivity contribution is 7.99. The molecule has 0 bridgehead atoms. The lowest BCUT2D eigenvalue weighted by atomic mass is 10.1. The molecule has 1 aromatic rings. The number of thioether (sulfide) groups is 1. The Labute approximate surface area is 106 Å². The Morgan fingerprint density at radius 2 is 2.24 bits per heavy atom. The highest BCUT2D eigenvalue weighted by Crippen LogP contribution is 2.29. The van der Waals surface area contributed by atoms with Gasteiger partial charge in [0, 0.05) is 10.8 Å². The number of aromatic nitrogens is 2. The highest BCUT2D eigenvalue weighted by Gasteiger charge is 2.23. The van der Waals surface area contributed by atoms with E-state index in [-0.39, 0.29) is 16.7 Å². The van der Waals surface area contributed by atoms with Gasteiger partial charge >= 0.3 is 0 Å². The summed E-state index contributed by atoms with van der Waals surface area (Å²) < 4.78 is 5.50. The van der Waals surface area contributed by atoms with Gasteiger partial charge in [-0.15, -0.1) is 11.8 Å². The molecule has 0 spiro atoms. The predicted octanol–water partition coefficient (Wildman–Crippen LogP) is 2.47. The molecule has 0 radical (unpaired) electrons. The zero-order chi connectivity index (χ0) is 12.5. The van der Waals surface area contributed by atoms with Crippen LogP contribution in [-0.4, -0.2) is 20.9 Å². The van der Waals surface area contributed by atoms with Crippen LogP contribution in [0.25, 0.3) is 0 Å². The second kappa shape index (κ2) is 4.82. The Kier molecular flexibility index (Phi) is 3.58. The maximum Gasteiger partial charge on any atom is 0.233 e. The van der Waals surface area contributed by atoms with Crippen LogP contribution in [0.2, 0.25) is 0 Å². The molecule has 0 saturated carbocycles. The van der Waals surface area contributed by atoms with Crippen molar-refractivity contribution in [3.63, 3.8) is 0 Å². The highest BCUT2D eigenvalue weighted by atomic mass is 32.2. The number of hydrogen-bond donors (Lipinski definition) is 1. The molecule has 2 rings (SSSR count). The SMILES string of the molecule is CC(C)(C)SCc1noc(C2C=CC(N)C2)n1. The zero-order valence-corrected chi connectivity index (χ0v) is 11.3. The van der Waals surface area contributed by atoms with Gasteiger partial charge in [0.25, 0.3) is 0 Å². The summed E-state index contributed by atoms with van der Waals surface area (Å²) >= 11 is 1.82. The quantitative estimate of drug-likeness (QED) is 0.838. The molecule has 1 aliphatic rings. The molecule has 1 aromatic heterocycles. The normalized spacial score (nSPS) is 24.5. The lowest BCUT2D eigenvalue weighted by Gasteiger charge is -2.15. The van der Waals surface area contributed by atoms with Crippen LogP contribution in [0.4, 0.5) is 0 Å². The van der Waals surface area contributed by atoms with E-state index in [0.29, 0.717) is 5.89 Å². The van der Waals surface area contributed by atoms with E-state index >= 15 is 0 Å². The van der Waals surface area contributed by atoms with Crippen LogP contribution in [0.15, 0.2) is 16.7 Å². The van der Waals surface area contributed by atoms with Crippen LogP contribution >= 0.6 is 11.8 Å². The maximum absolute atomic E-state index is 5.80. The minimum absolute atomic E-state index is 0.124. The van der Waals surface area contributed by atoms with E-state index in [1.54, 1.807) is 0 Å². The lowest BCUT2D eigenvalue weighted by Crippen LogP contribution is -2.14. The van der Waals surface area contributed by atoms with Gasteiger partial charge in [0.15, 0.2) is 5.82 Å². The molecule has 5 heteroatoms. The second-order valence-corrected chi connectivity index (χ2v) is 7.14. The van der Waals surface area contributed by atoms with E-state index in [1.807, 2.05) is 17.8 Å². The van der Waals surface area contributed by atoms with Crippen molar-refractivity contribution in [3.8, 4) is 0 Å². The molecule has 17 heavy (non-hydrogen) atoms. The Morgan fingerprint density at radius 1 is 1.47 bits per heavy atom. The van der Waals surface area contributed by atoms with Crippen LogP contribution in [-0.2, 0) is 5.75 Å². The molecule has 1 aliphatic carbocycles. The van der Waals surface area contributed by atoms with Crippen molar-refractivity contribution in [1.29, 1.82) is 0 Å². The number of hydrogen-bond acceptors (Lipinski definition) is 5. The topological polar surface area (TPSA) is 64.9 Å². The van der Waals surface area contributed by atoms with Gasteiger partial charge in [-0.2, -0.15) is 4.98 Å². The molecule has 1 heterocycles. The van der Waals surface area contributed by atoms with Crippen molar-refractivity contribution in [2.75, 3.05) is 0 Å². The van der Waals surface area contributed by atoms with Gasteiger partial charge in [0.1, 0.15) is 0 Å². The predicted molar refractivity (Wildman–Crippen MR) is 69.8 cm³/mol. The third-order valence-corrected chi connectivity index (χ3v) is 3.82. The number of rotatable bonds is 3. The monoisotopic (exact) mass is 253 g/mol. The van der Waals surface area contributed by atoms with E-state index in [9.17, 15) is 0 Å². The van der Waals surface area contributed by atoms with Crippen LogP contribution in [0.3, 0.4) is 0 Å². The molecule has 2 unspecified atom stereocenters.